The maximum absolute atomic E-state index is 12.9. The van der Waals surface area contributed by atoms with Gasteiger partial charge in [0.15, 0.2) is 0 Å². The van der Waals surface area contributed by atoms with Gasteiger partial charge in [0.05, 0.1) is 13.2 Å². The second-order valence-electron chi connectivity index (χ2n) is 4.57. The fourth-order valence-corrected chi connectivity index (χ4v) is 2.72. The van der Waals surface area contributed by atoms with E-state index < -0.39 is 5.92 Å². The first-order chi connectivity index (χ1) is 6.55. The van der Waals surface area contributed by atoms with Crippen molar-refractivity contribution in [1.29, 1.82) is 0 Å². The Bertz CT molecular complexity index is 221. The van der Waals surface area contributed by atoms with Gasteiger partial charge in [-0.05, 0) is 12.8 Å². The fraction of sp³-hybridized carbons (Fsp3) is 1.00. The Morgan fingerprint density at radius 1 is 1.29 bits per heavy atom. The number of rotatable bonds is 4. The van der Waals surface area contributed by atoms with Gasteiger partial charge in [-0.2, -0.15) is 0 Å². The Hall–Kier alpha value is 0.510. The van der Waals surface area contributed by atoms with E-state index in [1.54, 1.807) is 0 Å². The van der Waals surface area contributed by atoms with Crippen molar-refractivity contribution in [1.82, 2.24) is 4.90 Å². The third kappa shape index (κ3) is 2.55. The van der Waals surface area contributed by atoms with E-state index in [2.05, 4.69) is 0 Å². The van der Waals surface area contributed by atoms with Gasteiger partial charge in [-0.3, -0.25) is 4.90 Å². The summed E-state index contributed by atoms with van der Waals surface area (Å²) in [6.45, 7) is 1.97. The van der Waals surface area contributed by atoms with Crippen LogP contribution in [0.5, 0.6) is 0 Å². The number of nitrogens with zero attached hydrogens (tertiary/aromatic N) is 1. The average Bonchev–Trinajstić information content (AvgIpc) is 2.73. The second-order valence-corrected chi connectivity index (χ2v) is 5.19. The van der Waals surface area contributed by atoms with E-state index >= 15 is 0 Å². The van der Waals surface area contributed by atoms with Crippen LogP contribution in [-0.4, -0.2) is 37.1 Å². The van der Waals surface area contributed by atoms with Crippen LogP contribution in [0.4, 0.5) is 8.78 Å². The van der Waals surface area contributed by atoms with Crippen LogP contribution in [0, 0.1) is 5.41 Å². The first kappa shape index (κ1) is 11.0. The van der Waals surface area contributed by atoms with E-state index in [1.165, 1.54) is 0 Å². The van der Waals surface area contributed by atoms with Crippen LogP contribution in [0.2, 0.25) is 0 Å². The maximum atomic E-state index is 12.9. The van der Waals surface area contributed by atoms with Gasteiger partial charge in [0.25, 0.3) is 5.92 Å². The van der Waals surface area contributed by atoms with Gasteiger partial charge in [-0.15, -0.1) is 0 Å². The molecule has 1 heterocycles. The van der Waals surface area contributed by atoms with Gasteiger partial charge in [0.1, 0.15) is 23.0 Å². The van der Waals surface area contributed by atoms with Crippen LogP contribution in [0.25, 0.3) is 0 Å². The molecule has 2 rings (SSSR count). The summed E-state index contributed by atoms with van der Waals surface area (Å²) in [5.41, 5.74) is 0.196. The molecular weight excluding hydrogens is 303 g/mol. The number of hydrogen-bond donors (Lipinski definition) is 0. The van der Waals surface area contributed by atoms with Crippen molar-refractivity contribution in [2.75, 3.05) is 26.2 Å². The van der Waals surface area contributed by atoms with E-state index in [4.69, 9.17) is 3.07 Å². The van der Waals surface area contributed by atoms with Crippen molar-refractivity contribution in [3.63, 3.8) is 0 Å². The molecule has 0 radical (unpaired) electrons. The van der Waals surface area contributed by atoms with Gasteiger partial charge in [-0.1, -0.05) is 0 Å². The van der Waals surface area contributed by atoms with Crippen LogP contribution in [0.15, 0.2) is 0 Å². The number of hydrogen-bond acceptors (Lipinski definition) is 2. The molecule has 0 aromatic heterocycles. The highest BCUT2D eigenvalue weighted by molar-refractivity contribution is 14.1. The number of halogens is 3. The molecule has 1 saturated carbocycles. The molecule has 5 heteroatoms. The van der Waals surface area contributed by atoms with Gasteiger partial charge in [0.2, 0.25) is 0 Å². The summed E-state index contributed by atoms with van der Waals surface area (Å²) in [5.74, 6) is -2.46. The first-order valence-corrected chi connectivity index (χ1v) is 5.77. The monoisotopic (exact) mass is 317 g/mol. The molecule has 0 N–H and O–H groups in total. The predicted octanol–water partition coefficient (Wildman–Crippen LogP) is 2.47. The van der Waals surface area contributed by atoms with Crippen molar-refractivity contribution in [3.8, 4) is 0 Å². The summed E-state index contributed by atoms with van der Waals surface area (Å²) < 4.78 is 30.9. The lowest BCUT2D eigenvalue weighted by Crippen LogP contribution is -2.32. The Morgan fingerprint density at radius 2 is 2.00 bits per heavy atom. The Kier molecular flexibility index (Phi) is 3.01. The van der Waals surface area contributed by atoms with Crippen molar-refractivity contribution in [3.05, 3.63) is 0 Å². The van der Waals surface area contributed by atoms with Crippen LogP contribution < -0.4 is 0 Å². The Morgan fingerprint density at radius 3 is 2.43 bits per heavy atom. The third-order valence-corrected chi connectivity index (χ3v) is 3.44. The van der Waals surface area contributed by atoms with Gasteiger partial charge in [0, 0.05) is 24.9 Å². The summed E-state index contributed by atoms with van der Waals surface area (Å²) >= 11 is 1.88. The molecule has 0 bridgehead atoms. The largest absolute Gasteiger partial charge is 0.315 e. The summed E-state index contributed by atoms with van der Waals surface area (Å²) in [6, 6.07) is 0. The van der Waals surface area contributed by atoms with Gasteiger partial charge < -0.3 is 3.07 Å². The molecular formula is C9H14F2INO. The van der Waals surface area contributed by atoms with Crippen LogP contribution in [0.3, 0.4) is 0 Å². The lowest BCUT2D eigenvalue weighted by atomic mass is 10.1. The minimum absolute atomic E-state index is 0.0220. The molecule has 0 unspecified atom stereocenters. The van der Waals surface area contributed by atoms with E-state index in [0.717, 1.165) is 19.4 Å². The van der Waals surface area contributed by atoms with Crippen LogP contribution in [0.1, 0.15) is 19.3 Å². The highest BCUT2D eigenvalue weighted by atomic mass is 127. The van der Waals surface area contributed by atoms with Crippen molar-refractivity contribution in [2.24, 2.45) is 5.41 Å². The highest BCUT2D eigenvalue weighted by Gasteiger charge is 2.47. The average molecular weight is 317 g/mol. The SMILES string of the molecule is FC1(F)CCN(CC2(COI)CC2)C1. The van der Waals surface area contributed by atoms with Crippen molar-refractivity contribution < 1.29 is 11.8 Å². The summed E-state index contributed by atoms with van der Waals surface area (Å²) in [5, 5.41) is 0. The molecule has 0 spiro atoms. The smallest absolute Gasteiger partial charge is 0.261 e. The molecule has 0 aromatic rings. The lowest BCUT2D eigenvalue weighted by molar-refractivity contribution is 0.00976. The molecule has 2 fully saturated rings. The quantitative estimate of drug-likeness (QED) is 0.739. The zero-order valence-electron chi connectivity index (χ0n) is 7.94. The molecule has 0 amide bonds. The molecule has 1 aliphatic heterocycles. The van der Waals surface area contributed by atoms with Crippen LogP contribution >= 0.6 is 23.0 Å². The Balaban J connectivity index is 1.82. The molecule has 82 valence electrons. The molecule has 14 heavy (non-hydrogen) atoms. The zero-order chi connectivity index (χ0) is 10.2. The maximum Gasteiger partial charge on any atom is 0.261 e. The van der Waals surface area contributed by atoms with Gasteiger partial charge >= 0.3 is 0 Å². The molecule has 2 nitrogen and oxygen atoms in total. The minimum atomic E-state index is -2.46. The number of likely N-dealkylation sites (tertiary alicyclic amines) is 1. The normalized spacial score (nSPS) is 29.4. The zero-order valence-corrected chi connectivity index (χ0v) is 10.1. The molecule has 0 atom stereocenters. The predicted molar refractivity (Wildman–Crippen MR) is 57.6 cm³/mol. The van der Waals surface area contributed by atoms with Crippen LogP contribution in [-0.2, 0) is 3.07 Å². The molecule has 2 aliphatic rings. The van der Waals surface area contributed by atoms with Gasteiger partial charge in [-0.25, -0.2) is 8.78 Å². The second kappa shape index (κ2) is 3.83. The first-order valence-electron chi connectivity index (χ1n) is 4.89. The Labute approximate surface area is 96.7 Å². The summed E-state index contributed by atoms with van der Waals surface area (Å²) in [4.78, 5) is 1.88. The summed E-state index contributed by atoms with van der Waals surface area (Å²) in [6.07, 6.45) is 2.27. The molecule has 1 aliphatic carbocycles. The van der Waals surface area contributed by atoms with E-state index in [9.17, 15) is 8.78 Å². The fourth-order valence-electron chi connectivity index (χ4n) is 2.06. The van der Waals surface area contributed by atoms with E-state index in [-0.39, 0.29) is 18.4 Å². The highest BCUT2D eigenvalue weighted by Crippen LogP contribution is 2.47. The lowest BCUT2D eigenvalue weighted by Gasteiger charge is -2.21. The van der Waals surface area contributed by atoms with E-state index in [0.29, 0.717) is 13.2 Å². The standard InChI is InChI=1S/C9H14F2INO/c10-9(11)3-4-13(6-9)5-8(1-2-8)7-14-12/h1-7H2. The molecule has 0 aromatic carbocycles. The third-order valence-electron chi connectivity index (χ3n) is 3.13. The van der Waals surface area contributed by atoms with Crippen molar-refractivity contribution >= 4 is 23.0 Å². The van der Waals surface area contributed by atoms with E-state index in [1.807, 2.05) is 27.9 Å². The number of alkyl halides is 2. The topological polar surface area (TPSA) is 12.5 Å². The van der Waals surface area contributed by atoms with Crippen molar-refractivity contribution in [2.45, 2.75) is 25.2 Å². The molecule has 1 saturated heterocycles. The summed E-state index contributed by atoms with van der Waals surface area (Å²) in [7, 11) is 0. The minimum Gasteiger partial charge on any atom is -0.315 e.